The third kappa shape index (κ3) is 7.96. The molecule has 0 radical (unpaired) electrons. The first kappa shape index (κ1) is 13.3. The molecule has 14 heavy (non-hydrogen) atoms. The Morgan fingerprint density at radius 3 is 2.50 bits per heavy atom. The second-order valence-electron chi connectivity index (χ2n) is 2.65. The Balaban J connectivity index is 3.76. The van der Waals surface area contributed by atoms with Crippen molar-refractivity contribution in [2.24, 2.45) is 0 Å². The van der Waals surface area contributed by atoms with Crippen LogP contribution in [0.25, 0.3) is 0 Å². The minimum Gasteiger partial charge on any atom is -0.466 e. The monoisotopic (exact) mass is 226 g/mol. The van der Waals surface area contributed by atoms with Crippen LogP contribution in [0.5, 0.6) is 0 Å². The van der Waals surface area contributed by atoms with Gasteiger partial charge < -0.3 is 9.84 Å². The summed E-state index contributed by atoms with van der Waals surface area (Å²) in [5.74, 6) is -0.586. The molecule has 0 bridgehead atoms. The van der Waals surface area contributed by atoms with Gasteiger partial charge in [-0.1, -0.05) is 0 Å². The summed E-state index contributed by atoms with van der Waals surface area (Å²) in [6.45, 7) is 1.42. The summed E-state index contributed by atoms with van der Waals surface area (Å²) in [7, 11) is -3.58. The van der Waals surface area contributed by atoms with Gasteiger partial charge in [-0.2, -0.15) is 8.42 Å². The summed E-state index contributed by atoms with van der Waals surface area (Å²) in [4.78, 5) is 10.8. The Bertz CT molecular complexity index is 270. The van der Waals surface area contributed by atoms with E-state index < -0.39 is 28.8 Å². The second-order valence-corrected chi connectivity index (χ2v) is 4.30. The fourth-order valence-corrected chi connectivity index (χ4v) is 1.08. The predicted octanol–water partition coefficient (Wildman–Crippen LogP) is -0.723. The van der Waals surface area contributed by atoms with E-state index >= 15 is 0 Å². The molecule has 7 heteroatoms. The molecule has 0 saturated carbocycles. The molecular formula is C7H14O6S. The fourth-order valence-electron chi connectivity index (χ4n) is 0.673. The Hall–Kier alpha value is -0.660. The molecular weight excluding hydrogens is 212 g/mol. The summed E-state index contributed by atoms with van der Waals surface area (Å²) in [5, 5.41) is 9.12. The molecule has 0 aliphatic carbocycles. The van der Waals surface area contributed by atoms with Gasteiger partial charge in [-0.05, 0) is 6.92 Å². The SMILES string of the molecule is CCOC(=O)CC(O)COS(C)(=O)=O. The maximum Gasteiger partial charge on any atom is 0.308 e. The molecule has 1 N–H and O–H groups in total. The minimum absolute atomic E-state index is 0.221. The van der Waals surface area contributed by atoms with E-state index in [0.29, 0.717) is 0 Å². The van der Waals surface area contributed by atoms with Crippen molar-refractivity contribution in [3.05, 3.63) is 0 Å². The molecule has 0 fully saturated rings. The van der Waals surface area contributed by atoms with Crippen LogP contribution in [0.3, 0.4) is 0 Å². The topological polar surface area (TPSA) is 89.9 Å². The average Bonchev–Trinajstić information content (AvgIpc) is 2.00. The lowest BCUT2D eigenvalue weighted by Gasteiger charge is -2.08. The van der Waals surface area contributed by atoms with Crippen LogP contribution in [0.4, 0.5) is 0 Å². The average molecular weight is 226 g/mol. The number of hydrogen-bond donors (Lipinski definition) is 1. The van der Waals surface area contributed by atoms with E-state index in [0.717, 1.165) is 6.26 Å². The molecule has 0 aliphatic rings. The fraction of sp³-hybridized carbons (Fsp3) is 0.857. The highest BCUT2D eigenvalue weighted by atomic mass is 32.2. The van der Waals surface area contributed by atoms with Crippen molar-refractivity contribution in [1.82, 2.24) is 0 Å². The zero-order chi connectivity index (χ0) is 11.2. The van der Waals surface area contributed by atoms with E-state index in [4.69, 9.17) is 5.11 Å². The number of carbonyl (C=O) groups excluding carboxylic acids is 1. The van der Waals surface area contributed by atoms with Crippen molar-refractivity contribution in [2.45, 2.75) is 19.4 Å². The number of aliphatic hydroxyl groups excluding tert-OH is 1. The number of rotatable bonds is 6. The lowest BCUT2D eigenvalue weighted by molar-refractivity contribution is -0.145. The van der Waals surface area contributed by atoms with Gasteiger partial charge in [0.05, 0.1) is 32.0 Å². The van der Waals surface area contributed by atoms with Crippen molar-refractivity contribution < 1.29 is 27.2 Å². The molecule has 84 valence electrons. The van der Waals surface area contributed by atoms with E-state index in [1.807, 2.05) is 0 Å². The molecule has 0 heterocycles. The van der Waals surface area contributed by atoms with E-state index in [1.54, 1.807) is 6.92 Å². The van der Waals surface area contributed by atoms with Crippen LogP contribution in [0.2, 0.25) is 0 Å². The number of aliphatic hydroxyl groups is 1. The van der Waals surface area contributed by atoms with Crippen molar-refractivity contribution in [2.75, 3.05) is 19.5 Å². The van der Waals surface area contributed by atoms with Crippen LogP contribution in [-0.2, 0) is 23.8 Å². The normalized spacial score (nSPS) is 13.6. The van der Waals surface area contributed by atoms with Crippen LogP contribution >= 0.6 is 0 Å². The van der Waals surface area contributed by atoms with Gasteiger partial charge in [0.15, 0.2) is 0 Å². The van der Waals surface area contributed by atoms with Gasteiger partial charge in [0.25, 0.3) is 10.1 Å². The molecule has 0 saturated heterocycles. The van der Waals surface area contributed by atoms with Gasteiger partial charge in [0.1, 0.15) is 0 Å². The molecule has 0 amide bonds. The third-order valence-corrected chi connectivity index (χ3v) is 1.75. The highest BCUT2D eigenvalue weighted by Crippen LogP contribution is 1.98. The smallest absolute Gasteiger partial charge is 0.308 e. The van der Waals surface area contributed by atoms with Gasteiger partial charge in [-0.3, -0.25) is 8.98 Å². The standard InChI is InChI=1S/C7H14O6S/c1-3-12-7(9)4-6(8)5-13-14(2,10)11/h6,8H,3-5H2,1-2H3. The number of esters is 1. The highest BCUT2D eigenvalue weighted by molar-refractivity contribution is 7.85. The van der Waals surface area contributed by atoms with Crippen LogP contribution in [0.1, 0.15) is 13.3 Å². The predicted molar refractivity (Wildman–Crippen MR) is 48.1 cm³/mol. The van der Waals surface area contributed by atoms with Crippen molar-refractivity contribution >= 4 is 16.1 Å². The van der Waals surface area contributed by atoms with Gasteiger partial charge in [0.2, 0.25) is 0 Å². The number of hydrogen-bond acceptors (Lipinski definition) is 6. The Labute approximate surface area is 82.9 Å². The molecule has 0 aromatic carbocycles. The number of ether oxygens (including phenoxy) is 1. The van der Waals surface area contributed by atoms with Crippen molar-refractivity contribution in [3.63, 3.8) is 0 Å². The molecule has 0 aliphatic heterocycles. The molecule has 0 rings (SSSR count). The molecule has 1 atom stereocenters. The largest absolute Gasteiger partial charge is 0.466 e. The first-order valence-corrected chi connectivity index (χ1v) is 5.85. The van der Waals surface area contributed by atoms with Gasteiger partial charge in [0, 0.05) is 0 Å². The first-order valence-electron chi connectivity index (χ1n) is 4.03. The van der Waals surface area contributed by atoms with Crippen LogP contribution in [0.15, 0.2) is 0 Å². The maximum atomic E-state index is 10.8. The van der Waals surface area contributed by atoms with Crippen LogP contribution < -0.4 is 0 Å². The minimum atomic E-state index is -3.58. The second kappa shape index (κ2) is 5.94. The summed E-state index contributed by atoms with van der Waals surface area (Å²) in [6, 6.07) is 0. The van der Waals surface area contributed by atoms with E-state index in [1.165, 1.54) is 0 Å². The summed E-state index contributed by atoms with van der Waals surface area (Å²) in [5.41, 5.74) is 0. The highest BCUT2D eigenvalue weighted by Gasteiger charge is 2.14. The summed E-state index contributed by atoms with van der Waals surface area (Å²) in [6.07, 6.45) is -0.572. The van der Waals surface area contributed by atoms with Crippen molar-refractivity contribution in [3.8, 4) is 0 Å². The zero-order valence-electron chi connectivity index (χ0n) is 8.10. The van der Waals surface area contributed by atoms with Gasteiger partial charge in [-0.15, -0.1) is 0 Å². The summed E-state index contributed by atoms with van der Waals surface area (Å²) < 4.78 is 29.8. The summed E-state index contributed by atoms with van der Waals surface area (Å²) >= 11 is 0. The molecule has 0 aromatic heterocycles. The Morgan fingerprint density at radius 2 is 2.07 bits per heavy atom. The quantitative estimate of drug-likeness (QED) is 0.474. The molecule has 1 unspecified atom stereocenters. The Kier molecular flexibility index (Phi) is 5.66. The zero-order valence-corrected chi connectivity index (χ0v) is 8.91. The lowest BCUT2D eigenvalue weighted by Crippen LogP contribution is -2.22. The van der Waals surface area contributed by atoms with E-state index in [-0.39, 0.29) is 13.0 Å². The molecule has 0 spiro atoms. The number of carbonyl (C=O) groups is 1. The van der Waals surface area contributed by atoms with Crippen molar-refractivity contribution in [1.29, 1.82) is 0 Å². The first-order chi connectivity index (χ1) is 6.35. The third-order valence-electron chi connectivity index (χ3n) is 1.18. The Morgan fingerprint density at radius 1 is 1.50 bits per heavy atom. The lowest BCUT2D eigenvalue weighted by atomic mass is 10.3. The van der Waals surface area contributed by atoms with E-state index in [9.17, 15) is 13.2 Å². The van der Waals surface area contributed by atoms with Gasteiger partial charge in [-0.25, -0.2) is 0 Å². The molecule has 6 nitrogen and oxygen atoms in total. The van der Waals surface area contributed by atoms with Gasteiger partial charge >= 0.3 is 5.97 Å². The van der Waals surface area contributed by atoms with Crippen LogP contribution in [0, 0.1) is 0 Å². The van der Waals surface area contributed by atoms with Crippen LogP contribution in [-0.4, -0.2) is 45.1 Å². The molecule has 0 aromatic rings. The van der Waals surface area contributed by atoms with E-state index in [2.05, 4.69) is 8.92 Å². The maximum absolute atomic E-state index is 10.8.